The Morgan fingerprint density at radius 1 is 0.474 bits per heavy atom. The fourth-order valence-electron chi connectivity index (χ4n) is 5.95. The molecule has 0 saturated heterocycles. The van der Waals surface area contributed by atoms with E-state index in [2.05, 4.69) is 139 Å². The molecule has 38 heavy (non-hydrogen) atoms. The quantitative estimate of drug-likeness (QED) is 0.252. The van der Waals surface area contributed by atoms with Gasteiger partial charge in [-0.3, -0.25) is 0 Å². The molecule has 0 amide bonds. The summed E-state index contributed by atoms with van der Waals surface area (Å²) in [5, 5.41) is 13.3. The van der Waals surface area contributed by atoms with Crippen LogP contribution in [0.5, 0.6) is 0 Å². The minimum atomic E-state index is 0.885. The third-order valence-electron chi connectivity index (χ3n) is 7.60. The molecule has 178 valence electrons. The first-order valence-electron chi connectivity index (χ1n) is 12.9. The Balaban J connectivity index is 1.40. The Bertz CT molecular complexity index is 2150. The zero-order chi connectivity index (χ0) is 25.1. The van der Waals surface area contributed by atoms with E-state index in [1.807, 2.05) is 0 Å². The van der Waals surface area contributed by atoms with Crippen molar-refractivity contribution >= 4 is 65.6 Å². The minimum absolute atomic E-state index is 0.885. The summed E-state index contributed by atoms with van der Waals surface area (Å²) < 4.78 is 6.58. The maximum absolute atomic E-state index is 6.58. The van der Waals surface area contributed by atoms with E-state index in [1.54, 1.807) is 0 Å². The highest BCUT2D eigenvalue weighted by Gasteiger charge is 2.18. The summed E-state index contributed by atoms with van der Waals surface area (Å²) >= 11 is 0. The molecule has 7 aromatic carbocycles. The zero-order valence-electron chi connectivity index (χ0n) is 20.6. The van der Waals surface area contributed by atoms with Crippen LogP contribution < -0.4 is 5.32 Å². The highest BCUT2D eigenvalue weighted by Crippen LogP contribution is 2.44. The Kier molecular flexibility index (Phi) is 4.55. The van der Waals surface area contributed by atoms with Gasteiger partial charge in [-0.2, -0.15) is 0 Å². The normalized spacial score (nSPS) is 11.7. The average Bonchev–Trinajstić information content (AvgIpc) is 3.39. The largest absolute Gasteiger partial charge is 0.455 e. The fraction of sp³-hybridized carbons (Fsp3) is 0. The van der Waals surface area contributed by atoms with Gasteiger partial charge in [0.25, 0.3) is 0 Å². The summed E-state index contributed by atoms with van der Waals surface area (Å²) in [6.07, 6.45) is 0. The van der Waals surface area contributed by atoms with E-state index in [0.29, 0.717) is 0 Å². The zero-order valence-corrected chi connectivity index (χ0v) is 20.6. The van der Waals surface area contributed by atoms with Crippen LogP contribution in [0.15, 0.2) is 138 Å². The van der Waals surface area contributed by atoms with Crippen molar-refractivity contribution < 1.29 is 4.42 Å². The van der Waals surface area contributed by atoms with Gasteiger partial charge in [0.1, 0.15) is 11.2 Å². The Morgan fingerprint density at radius 3 is 1.95 bits per heavy atom. The number of fused-ring (bicyclic) bond motifs is 9. The molecule has 0 radical (unpaired) electrons. The van der Waals surface area contributed by atoms with Crippen LogP contribution in [-0.4, -0.2) is 0 Å². The molecule has 8 rings (SSSR count). The van der Waals surface area contributed by atoms with Crippen molar-refractivity contribution in [2.75, 3.05) is 5.32 Å². The molecular formula is C36H23NO. The van der Waals surface area contributed by atoms with Crippen LogP contribution in [0.25, 0.3) is 65.4 Å². The van der Waals surface area contributed by atoms with Gasteiger partial charge >= 0.3 is 0 Å². The van der Waals surface area contributed by atoms with E-state index in [0.717, 1.165) is 38.7 Å². The number of benzene rings is 7. The molecule has 0 bridgehead atoms. The number of rotatable bonds is 3. The smallest absolute Gasteiger partial charge is 0.143 e. The van der Waals surface area contributed by atoms with Crippen LogP contribution in [0.1, 0.15) is 0 Å². The lowest BCUT2D eigenvalue weighted by Crippen LogP contribution is -1.93. The lowest BCUT2D eigenvalue weighted by molar-refractivity contribution is 0.673. The van der Waals surface area contributed by atoms with E-state index in [1.165, 1.54) is 38.1 Å². The molecule has 0 aliphatic heterocycles. The first kappa shape index (κ1) is 21.0. The fourth-order valence-corrected chi connectivity index (χ4v) is 5.95. The SMILES string of the molecule is c1ccc(-c2cc(Nc3cccc4oc5c6ccccc6c6ccccc6c5c34)cc3ccccc23)cc1. The summed E-state index contributed by atoms with van der Waals surface area (Å²) in [7, 11) is 0. The van der Waals surface area contributed by atoms with Crippen molar-refractivity contribution in [2.45, 2.75) is 0 Å². The molecule has 0 saturated carbocycles. The third kappa shape index (κ3) is 3.14. The number of nitrogens with one attached hydrogen (secondary N) is 1. The van der Waals surface area contributed by atoms with Gasteiger partial charge < -0.3 is 9.73 Å². The van der Waals surface area contributed by atoms with E-state index in [9.17, 15) is 0 Å². The third-order valence-corrected chi connectivity index (χ3v) is 7.60. The predicted molar refractivity (Wildman–Crippen MR) is 161 cm³/mol. The Morgan fingerprint density at radius 2 is 1.13 bits per heavy atom. The van der Waals surface area contributed by atoms with Gasteiger partial charge in [0, 0.05) is 16.5 Å². The van der Waals surface area contributed by atoms with E-state index in [4.69, 9.17) is 4.42 Å². The molecule has 0 aliphatic rings. The first-order chi connectivity index (χ1) is 18.8. The second-order valence-electron chi connectivity index (χ2n) is 9.81. The lowest BCUT2D eigenvalue weighted by Gasteiger charge is -2.14. The summed E-state index contributed by atoms with van der Waals surface area (Å²) in [6, 6.07) is 47.1. The predicted octanol–water partition coefficient (Wildman–Crippen LogP) is 10.5. The minimum Gasteiger partial charge on any atom is -0.455 e. The number of hydrogen-bond acceptors (Lipinski definition) is 2. The average molecular weight is 486 g/mol. The van der Waals surface area contributed by atoms with Crippen molar-refractivity contribution in [1.82, 2.24) is 0 Å². The number of furan rings is 1. The van der Waals surface area contributed by atoms with Gasteiger partial charge in [-0.25, -0.2) is 0 Å². The molecule has 2 heteroatoms. The topological polar surface area (TPSA) is 25.2 Å². The first-order valence-corrected chi connectivity index (χ1v) is 12.9. The van der Waals surface area contributed by atoms with Crippen molar-refractivity contribution in [3.8, 4) is 11.1 Å². The van der Waals surface area contributed by atoms with Crippen LogP contribution in [0.4, 0.5) is 11.4 Å². The molecule has 8 aromatic rings. The second kappa shape index (κ2) is 8.22. The summed E-state index contributed by atoms with van der Waals surface area (Å²) in [5.41, 5.74) is 6.33. The monoisotopic (exact) mass is 485 g/mol. The van der Waals surface area contributed by atoms with E-state index >= 15 is 0 Å². The van der Waals surface area contributed by atoms with Crippen LogP contribution in [0, 0.1) is 0 Å². The summed E-state index contributed by atoms with van der Waals surface area (Å²) in [4.78, 5) is 0. The van der Waals surface area contributed by atoms with E-state index in [-0.39, 0.29) is 0 Å². The van der Waals surface area contributed by atoms with Crippen molar-refractivity contribution in [2.24, 2.45) is 0 Å². The number of hydrogen-bond donors (Lipinski definition) is 1. The Hall–Kier alpha value is -5.08. The van der Waals surface area contributed by atoms with Crippen molar-refractivity contribution in [1.29, 1.82) is 0 Å². The van der Waals surface area contributed by atoms with Gasteiger partial charge in [-0.15, -0.1) is 0 Å². The highest BCUT2D eigenvalue weighted by atomic mass is 16.3. The van der Waals surface area contributed by atoms with E-state index < -0.39 is 0 Å². The van der Waals surface area contributed by atoms with Gasteiger partial charge in [-0.05, 0) is 62.3 Å². The van der Waals surface area contributed by atoms with Crippen molar-refractivity contribution in [3.05, 3.63) is 133 Å². The molecule has 0 spiro atoms. The maximum Gasteiger partial charge on any atom is 0.143 e. The molecule has 0 aliphatic carbocycles. The van der Waals surface area contributed by atoms with Gasteiger partial charge in [0.05, 0.1) is 11.1 Å². The van der Waals surface area contributed by atoms with Crippen molar-refractivity contribution in [3.63, 3.8) is 0 Å². The molecule has 1 heterocycles. The number of anilines is 2. The highest BCUT2D eigenvalue weighted by molar-refractivity contribution is 6.32. The lowest BCUT2D eigenvalue weighted by atomic mass is 9.96. The van der Waals surface area contributed by atoms with Crippen LogP contribution >= 0.6 is 0 Å². The molecule has 2 nitrogen and oxygen atoms in total. The molecule has 0 fully saturated rings. The van der Waals surface area contributed by atoms with Gasteiger partial charge in [0.2, 0.25) is 0 Å². The summed E-state index contributed by atoms with van der Waals surface area (Å²) in [6.45, 7) is 0. The standard InChI is InChI=1S/C36H23NO/c1-2-11-23(12-3-1)31-22-25(21-24-13-4-5-14-26(24)31)37-32-19-10-20-33-35(32)34-29-17-8-6-15-27(29)28-16-7-9-18-30(28)36(34)38-33/h1-22,37H. The van der Waals surface area contributed by atoms with Crippen LogP contribution in [-0.2, 0) is 0 Å². The maximum atomic E-state index is 6.58. The Labute approximate surface area is 219 Å². The molecular weight excluding hydrogens is 462 g/mol. The molecule has 1 N–H and O–H groups in total. The molecule has 1 aromatic heterocycles. The second-order valence-corrected chi connectivity index (χ2v) is 9.81. The van der Waals surface area contributed by atoms with Crippen LogP contribution in [0.3, 0.4) is 0 Å². The molecule has 0 unspecified atom stereocenters. The van der Waals surface area contributed by atoms with Gasteiger partial charge in [0.15, 0.2) is 0 Å². The van der Waals surface area contributed by atoms with Gasteiger partial charge in [-0.1, -0.05) is 109 Å². The van der Waals surface area contributed by atoms with Crippen LogP contribution in [0.2, 0.25) is 0 Å². The summed E-state index contributed by atoms with van der Waals surface area (Å²) in [5.74, 6) is 0. The molecule has 0 atom stereocenters.